The molecule has 0 aromatic heterocycles. The predicted octanol–water partition coefficient (Wildman–Crippen LogP) is -0.168. The van der Waals surface area contributed by atoms with Gasteiger partial charge in [-0.25, -0.2) is 4.79 Å². The summed E-state index contributed by atoms with van der Waals surface area (Å²) in [4.78, 5) is 11.2. The van der Waals surface area contributed by atoms with E-state index in [2.05, 4.69) is 0 Å². The lowest BCUT2D eigenvalue weighted by Gasteiger charge is -2.01. The molecule has 0 fully saturated rings. The predicted molar refractivity (Wildman–Crippen MR) is 51.4 cm³/mol. The molecule has 0 saturated heterocycles. The van der Waals surface area contributed by atoms with Crippen LogP contribution in [-0.2, 0) is 4.74 Å². The van der Waals surface area contributed by atoms with Crippen molar-refractivity contribution in [3.63, 3.8) is 0 Å². The van der Waals surface area contributed by atoms with Gasteiger partial charge in [0, 0.05) is 0 Å². The minimum absolute atomic E-state index is 0.0108. The second-order valence-electron chi connectivity index (χ2n) is 2.58. The molecule has 0 radical (unpaired) electrons. The summed E-state index contributed by atoms with van der Waals surface area (Å²) in [6, 6.07) is 6.69. The third-order valence-electron chi connectivity index (χ3n) is 1.65. The molecule has 0 aliphatic heterocycles. The van der Waals surface area contributed by atoms with Crippen LogP contribution in [0.15, 0.2) is 24.3 Å². The number of carbonyl (C=O) groups is 1. The van der Waals surface area contributed by atoms with E-state index < -0.39 is 0 Å². The minimum Gasteiger partial charge on any atom is -0.462 e. The van der Waals surface area contributed by atoms with Crippen LogP contribution in [-0.4, -0.2) is 25.1 Å². The molecule has 1 aromatic carbocycles. The maximum absolute atomic E-state index is 11.2. The van der Waals surface area contributed by atoms with Crippen LogP contribution in [0.2, 0.25) is 0 Å². The second kappa shape index (κ2) is 4.67. The van der Waals surface area contributed by atoms with E-state index in [-0.39, 0.29) is 13.5 Å². The number of benzene rings is 1. The summed E-state index contributed by atoms with van der Waals surface area (Å²) in [5, 5.41) is 8.75. The Labute approximate surface area is 77.6 Å². The number of ether oxygens (including phenoxy) is 1. The lowest BCUT2D eigenvalue weighted by molar-refractivity contribution is 0.0526. The molecule has 3 nitrogen and oxygen atoms in total. The molecular weight excluding hydrogens is 167 g/mol. The monoisotopic (exact) mass is 178 g/mol. The van der Waals surface area contributed by atoms with Crippen molar-refractivity contribution in [2.45, 2.75) is 6.92 Å². The zero-order chi connectivity index (χ0) is 9.68. The average Bonchev–Trinajstić information content (AvgIpc) is 2.18. The smallest absolute Gasteiger partial charge is 0.338 e. The van der Waals surface area contributed by atoms with E-state index in [1.807, 2.05) is 0 Å². The lowest BCUT2D eigenvalue weighted by Crippen LogP contribution is -2.14. The summed E-state index contributed by atoms with van der Waals surface area (Å²) < 4.78 is 4.80. The van der Waals surface area contributed by atoms with Crippen molar-refractivity contribution in [2.75, 3.05) is 6.61 Å². The van der Waals surface area contributed by atoms with Crippen LogP contribution in [0.3, 0.4) is 0 Å². The fourth-order valence-corrected chi connectivity index (χ4v) is 0.961. The van der Waals surface area contributed by atoms with Gasteiger partial charge < -0.3 is 9.76 Å². The minimum atomic E-state index is -0.327. The Morgan fingerprint density at radius 2 is 2.08 bits per heavy atom. The molecule has 0 aliphatic carbocycles. The molecule has 0 unspecified atom stereocenters. The molecule has 0 aliphatic rings. The van der Waals surface area contributed by atoms with E-state index in [4.69, 9.17) is 9.76 Å². The molecule has 0 amide bonds. The highest BCUT2D eigenvalue weighted by molar-refractivity contribution is 6.45. The van der Waals surface area contributed by atoms with Crippen LogP contribution in [0.25, 0.3) is 0 Å². The maximum atomic E-state index is 11.2. The van der Waals surface area contributed by atoms with Gasteiger partial charge in [-0.2, -0.15) is 0 Å². The molecule has 0 spiro atoms. The molecule has 1 aromatic rings. The van der Waals surface area contributed by atoms with Gasteiger partial charge >= 0.3 is 13.5 Å². The number of esters is 1. The van der Waals surface area contributed by atoms with Crippen molar-refractivity contribution in [1.29, 1.82) is 0 Å². The van der Waals surface area contributed by atoms with E-state index in [1.165, 1.54) is 0 Å². The molecule has 68 valence electrons. The first-order chi connectivity index (χ1) is 6.27. The summed E-state index contributed by atoms with van der Waals surface area (Å²) in [6.45, 7) is 2.14. The van der Waals surface area contributed by atoms with Crippen LogP contribution in [0.5, 0.6) is 0 Å². The van der Waals surface area contributed by atoms with Crippen molar-refractivity contribution in [3.05, 3.63) is 29.8 Å². The standard InChI is InChI=1S/C9H11BO3/c1-2-13-9(11)7-3-5-8(10-12)6-4-7/h3-6,10,12H,2H2,1H3. The van der Waals surface area contributed by atoms with E-state index in [0.29, 0.717) is 12.2 Å². The molecule has 13 heavy (non-hydrogen) atoms. The Morgan fingerprint density at radius 3 is 2.54 bits per heavy atom. The third-order valence-corrected chi connectivity index (χ3v) is 1.65. The quantitative estimate of drug-likeness (QED) is 0.516. The molecule has 1 N–H and O–H groups in total. The molecular formula is C9H11BO3. The van der Waals surface area contributed by atoms with Crippen molar-refractivity contribution < 1.29 is 14.6 Å². The molecule has 0 atom stereocenters. The van der Waals surface area contributed by atoms with Gasteiger partial charge in [0.05, 0.1) is 12.2 Å². The van der Waals surface area contributed by atoms with Gasteiger partial charge in [0.2, 0.25) is 0 Å². The molecule has 0 saturated carbocycles. The van der Waals surface area contributed by atoms with Crippen molar-refractivity contribution >= 4 is 18.9 Å². The fraction of sp³-hybridized carbons (Fsp3) is 0.222. The average molecular weight is 178 g/mol. The van der Waals surface area contributed by atoms with E-state index >= 15 is 0 Å². The van der Waals surface area contributed by atoms with E-state index in [0.717, 1.165) is 5.46 Å². The molecule has 0 bridgehead atoms. The van der Waals surface area contributed by atoms with Crippen LogP contribution >= 0.6 is 0 Å². The lowest BCUT2D eigenvalue weighted by atomic mass is 9.88. The SMILES string of the molecule is CCOC(=O)c1ccc(BO)cc1. The number of hydrogen-bond donors (Lipinski definition) is 1. The Morgan fingerprint density at radius 1 is 1.46 bits per heavy atom. The van der Waals surface area contributed by atoms with Crippen molar-refractivity contribution in [2.24, 2.45) is 0 Å². The van der Waals surface area contributed by atoms with Crippen LogP contribution in [0.4, 0.5) is 0 Å². The van der Waals surface area contributed by atoms with Gasteiger partial charge in [-0.05, 0) is 19.1 Å². The number of rotatable bonds is 3. The largest absolute Gasteiger partial charge is 0.462 e. The van der Waals surface area contributed by atoms with Crippen molar-refractivity contribution in [1.82, 2.24) is 0 Å². The van der Waals surface area contributed by atoms with Crippen LogP contribution < -0.4 is 5.46 Å². The van der Waals surface area contributed by atoms with Crippen LogP contribution in [0.1, 0.15) is 17.3 Å². The topological polar surface area (TPSA) is 46.5 Å². The normalized spacial score (nSPS) is 9.38. The van der Waals surface area contributed by atoms with Gasteiger partial charge in [-0.15, -0.1) is 0 Å². The Balaban J connectivity index is 2.74. The highest BCUT2D eigenvalue weighted by atomic mass is 16.5. The van der Waals surface area contributed by atoms with E-state index in [1.54, 1.807) is 31.2 Å². The Hall–Kier alpha value is -1.29. The highest BCUT2D eigenvalue weighted by Crippen LogP contribution is 1.99. The van der Waals surface area contributed by atoms with Gasteiger partial charge in [0.15, 0.2) is 0 Å². The fourth-order valence-electron chi connectivity index (χ4n) is 0.961. The van der Waals surface area contributed by atoms with Gasteiger partial charge in [-0.1, -0.05) is 17.6 Å². The summed E-state index contributed by atoms with van der Waals surface area (Å²) >= 11 is 0. The summed E-state index contributed by atoms with van der Waals surface area (Å²) in [6.07, 6.45) is 0. The first-order valence-electron chi connectivity index (χ1n) is 4.15. The van der Waals surface area contributed by atoms with Gasteiger partial charge in [-0.3, -0.25) is 0 Å². The summed E-state index contributed by atoms with van der Waals surface area (Å²) in [5.41, 5.74) is 1.30. The summed E-state index contributed by atoms with van der Waals surface area (Å²) in [7, 11) is -0.0108. The third kappa shape index (κ3) is 2.59. The number of hydrogen-bond acceptors (Lipinski definition) is 3. The zero-order valence-electron chi connectivity index (χ0n) is 7.49. The first-order valence-corrected chi connectivity index (χ1v) is 4.15. The summed E-state index contributed by atoms with van der Waals surface area (Å²) in [5.74, 6) is -0.327. The molecule has 1 rings (SSSR count). The van der Waals surface area contributed by atoms with Gasteiger partial charge in [0.1, 0.15) is 0 Å². The van der Waals surface area contributed by atoms with Crippen molar-refractivity contribution in [3.8, 4) is 0 Å². The van der Waals surface area contributed by atoms with E-state index in [9.17, 15) is 4.79 Å². The number of carbonyl (C=O) groups excluding carboxylic acids is 1. The zero-order valence-corrected chi connectivity index (χ0v) is 7.49. The second-order valence-corrected chi connectivity index (χ2v) is 2.58. The van der Waals surface area contributed by atoms with Gasteiger partial charge in [0.25, 0.3) is 0 Å². The first kappa shape index (κ1) is 9.80. The maximum Gasteiger partial charge on any atom is 0.338 e. The Kier molecular flexibility index (Phi) is 3.52. The Bertz CT molecular complexity index is 281. The van der Waals surface area contributed by atoms with Crippen LogP contribution in [0, 0.1) is 0 Å². The molecule has 0 heterocycles. The highest BCUT2D eigenvalue weighted by Gasteiger charge is 2.04. The molecule has 4 heteroatoms.